The fraction of sp³-hybridized carbons (Fsp3) is 0.381. The molecule has 0 radical (unpaired) electrons. The highest BCUT2D eigenvalue weighted by Crippen LogP contribution is 2.30. The Morgan fingerprint density at radius 3 is 2.35 bits per heavy atom. The first kappa shape index (κ1) is 21.3. The van der Waals surface area contributed by atoms with Crippen LogP contribution in [-0.4, -0.2) is 61.2 Å². The Morgan fingerprint density at radius 1 is 1.03 bits per heavy atom. The lowest BCUT2D eigenvalue weighted by molar-refractivity contribution is 0.383. The Labute approximate surface area is 181 Å². The molecule has 4 rings (SSSR count). The minimum atomic E-state index is -3.57. The maximum absolute atomic E-state index is 13.0. The van der Waals surface area contributed by atoms with Crippen LogP contribution in [0.25, 0.3) is 11.5 Å². The number of sulfonamides is 1. The maximum Gasteiger partial charge on any atom is 0.251 e. The van der Waals surface area contributed by atoms with Gasteiger partial charge in [0.25, 0.3) is 5.89 Å². The number of aromatic nitrogens is 3. The molecule has 1 aliphatic heterocycles. The lowest BCUT2D eigenvalue weighted by Crippen LogP contribution is -2.49. The van der Waals surface area contributed by atoms with E-state index in [1.54, 1.807) is 37.6 Å². The molecule has 1 aliphatic rings. The van der Waals surface area contributed by atoms with Crippen LogP contribution >= 0.6 is 0 Å². The van der Waals surface area contributed by atoms with Crippen LogP contribution in [0.4, 0.5) is 5.82 Å². The minimum Gasteiger partial charge on any atom is -0.497 e. The predicted molar refractivity (Wildman–Crippen MR) is 116 cm³/mol. The molecule has 0 bridgehead atoms. The van der Waals surface area contributed by atoms with Crippen LogP contribution in [0.1, 0.15) is 25.7 Å². The standard InChI is InChI=1S/C21H25N5O4S/c1-15(2)20-23-24-21(30-20)18-5-4-10-22-19(18)25-11-13-26(14-12-25)31(27,28)17-8-6-16(29-3)7-9-17/h4-10,15H,11-14H2,1-3H3. The maximum atomic E-state index is 13.0. The van der Waals surface area contributed by atoms with E-state index < -0.39 is 10.0 Å². The van der Waals surface area contributed by atoms with E-state index >= 15 is 0 Å². The largest absolute Gasteiger partial charge is 0.497 e. The summed E-state index contributed by atoms with van der Waals surface area (Å²) in [5.41, 5.74) is 0.744. The molecule has 0 unspecified atom stereocenters. The SMILES string of the molecule is COc1ccc(S(=O)(=O)N2CCN(c3ncccc3-c3nnc(C(C)C)o3)CC2)cc1. The smallest absolute Gasteiger partial charge is 0.251 e. The Kier molecular flexibility index (Phi) is 5.92. The Morgan fingerprint density at radius 2 is 1.74 bits per heavy atom. The second-order valence-electron chi connectivity index (χ2n) is 7.54. The van der Waals surface area contributed by atoms with E-state index in [-0.39, 0.29) is 10.8 Å². The van der Waals surface area contributed by atoms with E-state index in [4.69, 9.17) is 9.15 Å². The number of hydrogen-bond donors (Lipinski definition) is 0. The van der Waals surface area contributed by atoms with Crippen molar-refractivity contribution in [2.24, 2.45) is 0 Å². The molecule has 0 N–H and O–H groups in total. The molecule has 9 nitrogen and oxygen atoms in total. The van der Waals surface area contributed by atoms with Crippen LogP contribution in [0.3, 0.4) is 0 Å². The monoisotopic (exact) mass is 443 g/mol. The first-order valence-corrected chi connectivity index (χ1v) is 11.5. The van der Waals surface area contributed by atoms with E-state index in [1.165, 1.54) is 4.31 Å². The summed E-state index contributed by atoms with van der Waals surface area (Å²) < 4.78 is 38.4. The summed E-state index contributed by atoms with van der Waals surface area (Å²) in [6, 6.07) is 10.2. The Hall–Kier alpha value is -2.98. The van der Waals surface area contributed by atoms with Gasteiger partial charge in [0.1, 0.15) is 11.6 Å². The molecule has 1 aromatic carbocycles. The van der Waals surface area contributed by atoms with Crippen molar-refractivity contribution >= 4 is 15.8 Å². The fourth-order valence-corrected chi connectivity index (χ4v) is 4.85. The van der Waals surface area contributed by atoms with Crippen molar-refractivity contribution in [3.05, 3.63) is 48.5 Å². The lowest BCUT2D eigenvalue weighted by atomic mass is 10.2. The van der Waals surface area contributed by atoms with Crippen molar-refractivity contribution in [3.8, 4) is 17.2 Å². The van der Waals surface area contributed by atoms with Crippen molar-refractivity contribution in [2.75, 3.05) is 38.2 Å². The summed E-state index contributed by atoms with van der Waals surface area (Å²) in [6.45, 7) is 5.69. The average Bonchev–Trinajstić information content (AvgIpc) is 3.30. The van der Waals surface area contributed by atoms with E-state index in [0.717, 1.165) is 5.56 Å². The van der Waals surface area contributed by atoms with Crippen LogP contribution in [0.15, 0.2) is 51.9 Å². The highest BCUT2D eigenvalue weighted by atomic mass is 32.2. The normalized spacial score (nSPS) is 15.4. The molecule has 0 atom stereocenters. The second-order valence-corrected chi connectivity index (χ2v) is 9.48. The van der Waals surface area contributed by atoms with Crippen molar-refractivity contribution in [1.82, 2.24) is 19.5 Å². The quantitative estimate of drug-likeness (QED) is 0.573. The molecule has 3 heterocycles. The zero-order chi connectivity index (χ0) is 22.0. The topological polar surface area (TPSA) is 102 Å². The molecule has 10 heteroatoms. The number of rotatable bonds is 6. The van der Waals surface area contributed by atoms with Crippen molar-refractivity contribution in [3.63, 3.8) is 0 Å². The Bertz CT molecular complexity index is 1140. The number of pyridine rings is 1. The van der Waals surface area contributed by atoms with Crippen LogP contribution in [0.5, 0.6) is 5.75 Å². The summed E-state index contributed by atoms with van der Waals surface area (Å²) in [4.78, 5) is 6.82. The van der Waals surface area contributed by atoms with Crippen LogP contribution in [0, 0.1) is 0 Å². The van der Waals surface area contributed by atoms with Gasteiger partial charge in [0.05, 0.1) is 17.6 Å². The van der Waals surface area contributed by atoms with Crippen LogP contribution < -0.4 is 9.64 Å². The highest BCUT2D eigenvalue weighted by molar-refractivity contribution is 7.89. The molecule has 0 aliphatic carbocycles. The van der Waals surface area contributed by atoms with Crippen molar-refractivity contribution < 1.29 is 17.6 Å². The number of methoxy groups -OCH3 is 1. The molecule has 1 fully saturated rings. The molecule has 1 saturated heterocycles. The summed E-state index contributed by atoms with van der Waals surface area (Å²) >= 11 is 0. The van der Waals surface area contributed by atoms with Gasteiger partial charge in [-0.05, 0) is 36.4 Å². The molecule has 2 aromatic heterocycles. The predicted octanol–water partition coefficient (Wildman–Crippen LogP) is 2.77. The van der Waals surface area contributed by atoms with Gasteiger partial charge >= 0.3 is 0 Å². The number of anilines is 1. The lowest BCUT2D eigenvalue weighted by Gasteiger charge is -2.35. The summed E-state index contributed by atoms with van der Waals surface area (Å²) in [7, 11) is -2.02. The molecular weight excluding hydrogens is 418 g/mol. The zero-order valence-corrected chi connectivity index (χ0v) is 18.5. The number of hydrogen-bond acceptors (Lipinski definition) is 8. The molecule has 31 heavy (non-hydrogen) atoms. The molecule has 0 amide bonds. The number of benzene rings is 1. The zero-order valence-electron chi connectivity index (χ0n) is 17.7. The van der Waals surface area contributed by atoms with Gasteiger partial charge in [0.15, 0.2) is 0 Å². The van der Waals surface area contributed by atoms with Crippen molar-refractivity contribution in [2.45, 2.75) is 24.7 Å². The molecular formula is C21H25N5O4S. The fourth-order valence-electron chi connectivity index (χ4n) is 3.43. The summed E-state index contributed by atoms with van der Waals surface area (Å²) in [5, 5.41) is 8.28. The van der Waals surface area contributed by atoms with Gasteiger partial charge in [-0.2, -0.15) is 4.31 Å². The summed E-state index contributed by atoms with van der Waals surface area (Å²) in [6.07, 6.45) is 1.71. The number of ether oxygens (including phenoxy) is 1. The van der Waals surface area contributed by atoms with Gasteiger partial charge in [-0.15, -0.1) is 10.2 Å². The van der Waals surface area contributed by atoms with Gasteiger partial charge in [-0.1, -0.05) is 13.8 Å². The highest BCUT2D eigenvalue weighted by Gasteiger charge is 2.30. The van der Waals surface area contributed by atoms with E-state index in [2.05, 4.69) is 20.1 Å². The van der Waals surface area contributed by atoms with Crippen molar-refractivity contribution in [1.29, 1.82) is 0 Å². The van der Waals surface area contributed by atoms with Gasteiger partial charge in [-0.25, -0.2) is 13.4 Å². The van der Waals surface area contributed by atoms with E-state index in [9.17, 15) is 8.42 Å². The Balaban J connectivity index is 1.51. The van der Waals surface area contributed by atoms with Gasteiger partial charge in [0, 0.05) is 38.3 Å². The average molecular weight is 444 g/mol. The number of nitrogens with zero attached hydrogens (tertiary/aromatic N) is 5. The molecule has 164 valence electrons. The van der Waals surface area contributed by atoms with E-state index in [0.29, 0.717) is 49.5 Å². The summed E-state index contributed by atoms with van der Waals surface area (Å²) in [5.74, 6) is 2.45. The first-order chi connectivity index (χ1) is 14.9. The third-order valence-electron chi connectivity index (χ3n) is 5.19. The van der Waals surface area contributed by atoms with Gasteiger partial charge in [-0.3, -0.25) is 0 Å². The van der Waals surface area contributed by atoms with Crippen LogP contribution in [-0.2, 0) is 10.0 Å². The van der Waals surface area contributed by atoms with E-state index in [1.807, 2.05) is 26.0 Å². The third kappa shape index (κ3) is 4.26. The molecule has 0 spiro atoms. The molecule has 3 aromatic rings. The second kappa shape index (κ2) is 8.64. The molecule has 0 saturated carbocycles. The number of piperazine rings is 1. The van der Waals surface area contributed by atoms with Gasteiger partial charge < -0.3 is 14.1 Å². The minimum absolute atomic E-state index is 0.132. The third-order valence-corrected chi connectivity index (χ3v) is 7.10. The first-order valence-electron chi connectivity index (χ1n) is 10.1. The van der Waals surface area contributed by atoms with Gasteiger partial charge in [0.2, 0.25) is 15.9 Å². The van der Waals surface area contributed by atoms with Crippen LogP contribution in [0.2, 0.25) is 0 Å².